The van der Waals surface area contributed by atoms with Gasteiger partial charge in [0.25, 0.3) is 5.91 Å². The van der Waals surface area contributed by atoms with Gasteiger partial charge in [0.05, 0.1) is 31.3 Å². The summed E-state index contributed by atoms with van der Waals surface area (Å²) in [6, 6.07) is 3.14. The smallest absolute Gasteiger partial charge is 0.253 e. The van der Waals surface area contributed by atoms with E-state index in [0.717, 1.165) is 9.88 Å². The van der Waals surface area contributed by atoms with Crippen LogP contribution in [-0.2, 0) is 6.54 Å². The Labute approximate surface area is 126 Å². The number of thiazole rings is 1. The Morgan fingerprint density at radius 3 is 2.57 bits per heavy atom. The predicted molar refractivity (Wildman–Crippen MR) is 82.0 cm³/mol. The quantitative estimate of drug-likeness (QED) is 0.825. The summed E-state index contributed by atoms with van der Waals surface area (Å²) in [5.74, 6) is 0.689. The molecule has 0 aliphatic heterocycles. The van der Waals surface area contributed by atoms with Gasteiger partial charge in [-0.3, -0.25) is 4.79 Å². The van der Waals surface area contributed by atoms with E-state index in [1.165, 1.54) is 14.2 Å². The zero-order chi connectivity index (χ0) is 15.4. The summed E-state index contributed by atoms with van der Waals surface area (Å²) in [5, 5.41) is 3.78. The lowest BCUT2D eigenvalue weighted by atomic mass is 10.1. The number of methoxy groups -OCH3 is 2. The summed E-state index contributed by atoms with van der Waals surface area (Å²) >= 11 is 1.54. The van der Waals surface area contributed by atoms with Crippen LogP contribution >= 0.6 is 11.3 Å². The van der Waals surface area contributed by atoms with Gasteiger partial charge in [-0.15, -0.1) is 11.3 Å². The highest BCUT2D eigenvalue weighted by atomic mass is 32.1. The zero-order valence-electron chi connectivity index (χ0n) is 12.1. The third kappa shape index (κ3) is 3.43. The van der Waals surface area contributed by atoms with Gasteiger partial charge in [-0.25, -0.2) is 4.98 Å². The number of aromatic nitrogens is 1. The molecule has 0 saturated heterocycles. The topological polar surface area (TPSA) is 86.5 Å². The number of carbonyl (C=O) groups is 1. The molecule has 0 atom stereocenters. The molecule has 112 valence electrons. The molecule has 1 aromatic carbocycles. The van der Waals surface area contributed by atoms with Crippen molar-refractivity contribution in [2.24, 2.45) is 0 Å². The number of carbonyl (C=O) groups excluding carboxylic acids is 1. The van der Waals surface area contributed by atoms with Gasteiger partial charge in [-0.05, 0) is 13.0 Å². The number of nitrogen functional groups attached to an aromatic ring is 1. The molecule has 0 aliphatic carbocycles. The summed E-state index contributed by atoms with van der Waals surface area (Å²) in [5.41, 5.74) is 6.58. The Hall–Kier alpha value is -2.28. The molecule has 0 spiro atoms. The maximum absolute atomic E-state index is 12.2. The van der Waals surface area contributed by atoms with Gasteiger partial charge in [0.2, 0.25) is 0 Å². The molecule has 1 heterocycles. The second-order valence-electron chi connectivity index (χ2n) is 4.32. The van der Waals surface area contributed by atoms with Crippen molar-refractivity contribution in [2.45, 2.75) is 13.5 Å². The molecule has 2 rings (SSSR count). The van der Waals surface area contributed by atoms with Crippen molar-refractivity contribution in [3.05, 3.63) is 33.8 Å². The number of benzene rings is 1. The number of nitrogens with zero attached hydrogens (tertiary/aromatic N) is 1. The van der Waals surface area contributed by atoms with Crippen LogP contribution in [0.2, 0.25) is 0 Å². The molecule has 1 amide bonds. The minimum Gasteiger partial charge on any atom is -0.493 e. The Kier molecular flexibility index (Phi) is 4.64. The van der Waals surface area contributed by atoms with E-state index in [9.17, 15) is 4.79 Å². The van der Waals surface area contributed by atoms with Crippen molar-refractivity contribution < 1.29 is 14.3 Å². The Morgan fingerprint density at radius 1 is 1.33 bits per heavy atom. The van der Waals surface area contributed by atoms with Gasteiger partial charge in [0.1, 0.15) is 0 Å². The highest BCUT2D eigenvalue weighted by molar-refractivity contribution is 7.11. The maximum Gasteiger partial charge on any atom is 0.253 e. The molecule has 1 aromatic heterocycles. The van der Waals surface area contributed by atoms with Gasteiger partial charge in [-0.2, -0.15) is 0 Å². The standard InChI is InChI=1S/C14H17N3O3S/c1-8-16-6-9(21-8)7-17-14(18)10-4-12(19-2)13(20-3)5-11(10)15/h4-6H,7,15H2,1-3H3,(H,17,18). The van der Waals surface area contributed by atoms with Crippen LogP contribution in [0.25, 0.3) is 0 Å². The van der Waals surface area contributed by atoms with Crippen molar-refractivity contribution >= 4 is 22.9 Å². The van der Waals surface area contributed by atoms with Crippen LogP contribution in [0.15, 0.2) is 18.3 Å². The molecule has 0 saturated carbocycles. The van der Waals surface area contributed by atoms with E-state index in [0.29, 0.717) is 29.3 Å². The average molecular weight is 307 g/mol. The second-order valence-corrected chi connectivity index (χ2v) is 5.64. The minimum absolute atomic E-state index is 0.264. The molecular formula is C14H17N3O3S. The molecule has 0 fully saturated rings. The van der Waals surface area contributed by atoms with Crippen LogP contribution in [0.5, 0.6) is 11.5 Å². The summed E-state index contributed by atoms with van der Waals surface area (Å²) in [6.07, 6.45) is 1.75. The van der Waals surface area contributed by atoms with Crippen LogP contribution in [0, 0.1) is 6.92 Å². The highest BCUT2D eigenvalue weighted by Crippen LogP contribution is 2.31. The fourth-order valence-electron chi connectivity index (χ4n) is 1.84. The molecule has 6 nitrogen and oxygen atoms in total. The average Bonchev–Trinajstić information content (AvgIpc) is 2.90. The van der Waals surface area contributed by atoms with Crippen LogP contribution in [-0.4, -0.2) is 25.1 Å². The molecule has 0 radical (unpaired) electrons. The lowest BCUT2D eigenvalue weighted by molar-refractivity contribution is 0.0952. The first-order valence-electron chi connectivity index (χ1n) is 6.26. The maximum atomic E-state index is 12.2. The molecular weight excluding hydrogens is 290 g/mol. The fourth-order valence-corrected chi connectivity index (χ4v) is 2.58. The number of aryl methyl sites for hydroxylation is 1. The largest absolute Gasteiger partial charge is 0.493 e. The van der Waals surface area contributed by atoms with Crippen molar-refractivity contribution in [3.63, 3.8) is 0 Å². The number of rotatable bonds is 5. The molecule has 7 heteroatoms. The van der Waals surface area contributed by atoms with E-state index in [-0.39, 0.29) is 5.91 Å². The minimum atomic E-state index is -0.264. The van der Waals surface area contributed by atoms with Crippen molar-refractivity contribution in [1.82, 2.24) is 10.3 Å². The fraction of sp³-hybridized carbons (Fsp3) is 0.286. The van der Waals surface area contributed by atoms with Gasteiger partial charge in [0.15, 0.2) is 11.5 Å². The molecule has 21 heavy (non-hydrogen) atoms. The molecule has 2 aromatic rings. The number of nitrogens with two attached hydrogens (primary N) is 1. The summed E-state index contributed by atoms with van der Waals surface area (Å²) in [4.78, 5) is 17.3. The van der Waals surface area contributed by atoms with E-state index >= 15 is 0 Å². The first-order chi connectivity index (χ1) is 10.0. The van der Waals surface area contributed by atoms with Crippen LogP contribution in [0.4, 0.5) is 5.69 Å². The normalized spacial score (nSPS) is 10.2. The van der Waals surface area contributed by atoms with Crippen LogP contribution in [0.1, 0.15) is 20.2 Å². The summed E-state index contributed by atoms with van der Waals surface area (Å²) in [7, 11) is 3.03. The summed E-state index contributed by atoms with van der Waals surface area (Å²) < 4.78 is 10.3. The highest BCUT2D eigenvalue weighted by Gasteiger charge is 2.15. The van der Waals surface area contributed by atoms with E-state index in [4.69, 9.17) is 15.2 Å². The van der Waals surface area contributed by atoms with Gasteiger partial charge >= 0.3 is 0 Å². The second kappa shape index (κ2) is 6.45. The first-order valence-corrected chi connectivity index (χ1v) is 7.07. The predicted octanol–water partition coefficient (Wildman–Crippen LogP) is 1.98. The van der Waals surface area contributed by atoms with E-state index in [1.54, 1.807) is 29.7 Å². The van der Waals surface area contributed by atoms with Crippen LogP contribution < -0.4 is 20.5 Å². The van der Waals surface area contributed by atoms with E-state index < -0.39 is 0 Å². The van der Waals surface area contributed by atoms with Crippen molar-refractivity contribution in [1.29, 1.82) is 0 Å². The van der Waals surface area contributed by atoms with E-state index in [2.05, 4.69) is 10.3 Å². The number of hydrogen-bond acceptors (Lipinski definition) is 6. The van der Waals surface area contributed by atoms with Crippen molar-refractivity contribution in [2.75, 3.05) is 20.0 Å². The van der Waals surface area contributed by atoms with Gasteiger partial charge in [-0.1, -0.05) is 0 Å². The van der Waals surface area contributed by atoms with Crippen molar-refractivity contribution in [3.8, 4) is 11.5 Å². The number of amides is 1. The number of nitrogens with one attached hydrogen (secondary N) is 1. The third-order valence-corrected chi connectivity index (χ3v) is 3.81. The Balaban J connectivity index is 2.15. The third-order valence-electron chi connectivity index (χ3n) is 2.89. The molecule has 0 bridgehead atoms. The number of hydrogen-bond donors (Lipinski definition) is 2. The van der Waals surface area contributed by atoms with E-state index in [1.807, 2.05) is 6.92 Å². The first kappa shape index (κ1) is 15.1. The van der Waals surface area contributed by atoms with Crippen LogP contribution in [0.3, 0.4) is 0 Å². The molecule has 0 aliphatic rings. The Bertz CT molecular complexity index is 655. The molecule has 0 unspecified atom stereocenters. The summed E-state index contributed by atoms with van der Waals surface area (Å²) in [6.45, 7) is 2.33. The Morgan fingerprint density at radius 2 is 2.00 bits per heavy atom. The number of ether oxygens (including phenoxy) is 2. The zero-order valence-corrected chi connectivity index (χ0v) is 12.9. The van der Waals surface area contributed by atoms with Gasteiger partial charge in [0, 0.05) is 22.8 Å². The molecule has 3 N–H and O–H groups in total. The monoisotopic (exact) mass is 307 g/mol. The lowest BCUT2D eigenvalue weighted by Crippen LogP contribution is -2.23. The lowest BCUT2D eigenvalue weighted by Gasteiger charge is -2.12. The SMILES string of the molecule is COc1cc(N)c(C(=O)NCc2cnc(C)s2)cc1OC. The van der Waals surface area contributed by atoms with Gasteiger partial charge < -0.3 is 20.5 Å². The number of anilines is 1.